The fraction of sp³-hybridized carbons (Fsp3) is 0.276. The van der Waals surface area contributed by atoms with E-state index in [2.05, 4.69) is 20.9 Å². The maximum absolute atomic E-state index is 13.4. The highest BCUT2D eigenvalue weighted by Gasteiger charge is 2.29. The van der Waals surface area contributed by atoms with Gasteiger partial charge in [0.25, 0.3) is 5.91 Å². The summed E-state index contributed by atoms with van der Waals surface area (Å²) in [6.45, 7) is 1.54. The van der Waals surface area contributed by atoms with Crippen LogP contribution in [0.25, 0.3) is 11.0 Å². The van der Waals surface area contributed by atoms with E-state index >= 15 is 0 Å². The number of benzene rings is 2. The van der Waals surface area contributed by atoms with Crippen molar-refractivity contribution in [1.82, 2.24) is 30.9 Å². The van der Waals surface area contributed by atoms with Crippen molar-refractivity contribution in [3.05, 3.63) is 88.1 Å². The van der Waals surface area contributed by atoms with Crippen LogP contribution in [0.4, 0.5) is 0 Å². The summed E-state index contributed by atoms with van der Waals surface area (Å²) in [5.74, 6) is -0.289. The number of thioether (sulfide) groups is 2. The lowest BCUT2D eigenvalue weighted by Crippen LogP contribution is -2.55. The molecule has 0 saturated heterocycles. The molecule has 3 N–H and O–H groups in total. The number of fused-ring (bicyclic) bond motifs is 2. The second kappa shape index (κ2) is 13.9. The minimum absolute atomic E-state index is 0.241. The SMILES string of the molecule is C[C@@H]1NC(=O)C(NC(=O)c2ccccc2)CSCc2nc3ccccc3nc2CSCC(C(=O)c2nccs2)NC1=O. The van der Waals surface area contributed by atoms with Gasteiger partial charge in [0.1, 0.15) is 18.1 Å². The molecule has 0 radical (unpaired) electrons. The van der Waals surface area contributed by atoms with Crippen LogP contribution in [0.1, 0.15) is 38.5 Å². The maximum atomic E-state index is 13.4. The molecule has 0 fully saturated rings. The summed E-state index contributed by atoms with van der Waals surface area (Å²) in [6, 6.07) is 13.5. The van der Waals surface area contributed by atoms with Crippen LogP contribution in [0, 0.1) is 0 Å². The van der Waals surface area contributed by atoms with Gasteiger partial charge in [-0.1, -0.05) is 30.3 Å². The summed E-state index contributed by atoms with van der Waals surface area (Å²) in [6.07, 6.45) is 1.54. The van der Waals surface area contributed by atoms with Crippen LogP contribution >= 0.6 is 34.9 Å². The molecule has 10 nitrogen and oxygen atoms in total. The second-order valence-corrected chi connectivity index (χ2v) is 12.5. The van der Waals surface area contributed by atoms with Crippen molar-refractivity contribution in [2.45, 2.75) is 36.6 Å². The molecule has 3 amide bonds. The molecular weight excluding hydrogens is 593 g/mol. The number of nitrogens with zero attached hydrogens (tertiary/aromatic N) is 3. The zero-order valence-corrected chi connectivity index (χ0v) is 25.1. The summed E-state index contributed by atoms with van der Waals surface area (Å²) in [7, 11) is 0. The lowest BCUT2D eigenvalue weighted by molar-refractivity contribution is -0.129. The maximum Gasteiger partial charge on any atom is 0.251 e. The Morgan fingerprint density at radius 1 is 0.857 bits per heavy atom. The zero-order chi connectivity index (χ0) is 29.5. The molecule has 5 rings (SSSR count). The molecule has 2 aromatic carbocycles. The number of hydrogen-bond acceptors (Lipinski definition) is 10. The van der Waals surface area contributed by atoms with Gasteiger partial charge in [-0.3, -0.25) is 19.2 Å². The average Bonchev–Trinajstić information content (AvgIpc) is 3.54. The Hall–Kier alpha value is -3.81. The lowest BCUT2D eigenvalue weighted by atomic mass is 10.1. The third kappa shape index (κ3) is 7.33. The van der Waals surface area contributed by atoms with Crippen molar-refractivity contribution in [3.8, 4) is 0 Å². The summed E-state index contributed by atoms with van der Waals surface area (Å²) >= 11 is 4.11. The van der Waals surface area contributed by atoms with Gasteiger partial charge < -0.3 is 16.0 Å². The highest BCUT2D eigenvalue weighted by atomic mass is 32.2. The molecule has 42 heavy (non-hydrogen) atoms. The van der Waals surface area contributed by atoms with Crippen LogP contribution in [-0.4, -0.2) is 68.1 Å². The van der Waals surface area contributed by atoms with Gasteiger partial charge in [-0.15, -0.1) is 11.3 Å². The number of nitrogens with one attached hydrogen (secondary N) is 3. The molecule has 3 heterocycles. The number of carbonyl (C=O) groups is 4. The van der Waals surface area contributed by atoms with Gasteiger partial charge in [-0.25, -0.2) is 15.0 Å². The van der Waals surface area contributed by atoms with E-state index in [1.807, 2.05) is 24.3 Å². The van der Waals surface area contributed by atoms with Crippen LogP contribution in [0.5, 0.6) is 0 Å². The number of rotatable bonds is 4. The molecule has 2 unspecified atom stereocenters. The Kier molecular flexibility index (Phi) is 9.82. The van der Waals surface area contributed by atoms with Gasteiger partial charge in [-0.2, -0.15) is 23.5 Å². The largest absolute Gasteiger partial charge is 0.343 e. The van der Waals surface area contributed by atoms with E-state index in [-0.39, 0.29) is 17.3 Å². The normalized spacial score (nSPS) is 20.4. The smallest absolute Gasteiger partial charge is 0.251 e. The van der Waals surface area contributed by atoms with Crippen molar-refractivity contribution in [2.24, 2.45) is 0 Å². The number of Topliss-reactive ketones (excluding diaryl/α,β-unsaturated/α-hetero) is 1. The van der Waals surface area contributed by atoms with Gasteiger partial charge >= 0.3 is 0 Å². The minimum atomic E-state index is -0.953. The molecule has 216 valence electrons. The fourth-order valence-corrected chi connectivity index (χ4v) is 6.87. The molecule has 13 heteroatoms. The van der Waals surface area contributed by atoms with E-state index in [1.54, 1.807) is 48.8 Å². The molecule has 3 atom stereocenters. The first-order chi connectivity index (χ1) is 20.4. The lowest BCUT2D eigenvalue weighted by Gasteiger charge is -2.22. The van der Waals surface area contributed by atoms with Crippen LogP contribution in [0.3, 0.4) is 0 Å². The number of hydrogen-bond donors (Lipinski definition) is 3. The first-order valence-corrected chi connectivity index (χ1v) is 16.4. The van der Waals surface area contributed by atoms with Gasteiger partial charge in [0.2, 0.25) is 17.6 Å². The van der Waals surface area contributed by atoms with E-state index < -0.39 is 35.8 Å². The molecule has 0 aliphatic carbocycles. The monoisotopic (exact) mass is 620 g/mol. The summed E-state index contributed by atoms with van der Waals surface area (Å²) in [4.78, 5) is 66.6. The van der Waals surface area contributed by atoms with Gasteiger partial charge in [-0.05, 0) is 31.2 Å². The Balaban J connectivity index is 1.44. The first-order valence-electron chi connectivity index (χ1n) is 13.2. The van der Waals surface area contributed by atoms with Crippen molar-refractivity contribution in [2.75, 3.05) is 11.5 Å². The van der Waals surface area contributed by atoms with E-state index in [4.69, 9.17) is 9.97 Å². The molecule has 2 aromatic heterocycles. The molecule has 1 aliphatic heterocycles. The number of thiazole rings is 1. The van der Waals surface area contributed by atoms with Gasteiger partial charge in [0.05, 0.1) is 22.4 Å². The summed E-state index contributed by atoms with van der Waals surface area (Å²) < 4.78 is 0. The quantitative estimate of drug-likeness (QED) is 0.293. The average molecular weight is 621 g/mol. The van der Waals surface area contributed by atoms with E-state index in [9.17, 15) is 19.2 Å². The van der Waals surface area contributed by atoms with Crippen LogP contribution in [-0.2, 0) is 21.1 Å². The number of para-hydroxylation sites is 2. The van der Waals surface area contributed by atoms with Crippen LogP contribution in [0.2, 0.25) is 0 Å². The molecule has 1 aliphatic rings. The van der Waals surface area contributed by atoms with Crippen molar-refractivity contribution < 1.29 is 19.2 Å². The highest BCUT2D eigenvalue weighted by molar-refractivity contribution is 7.98. The molecule has 0 spiro atoms. The Morgan fingerprint density at radius 3 is 2.14 bits per heavy atom. The van der Waals surface area contributed by atoms with Crippen molar-refractivity contribution in [1.29, 1.82) is 0 Å². The van der Waals surface area contributed by atoms with Crippen LogP contribution in [0.15, 0.2) is 66.2 Å². The first kappa shape index (κ1) is 29.7. The molecule has 4 aromatic rings. The third-order valence-electron chi connectivity index (χ3n) is 6.46. The Morgan fingerprint density at radius 2 is 1.50 bits per heavy atom. The van der Waals surface area contributed by atoms with Gasteiger partial charge in [0.15, 0.2) is 5.01 Å². The standard InChI is InChI=1S/C29H28N6O4S3/c1-17-26(37)34-23(25(36)29-30-11-12-42-29)15-40-13-21-22(33-20-10-6-5-9-19(20)32-21)14-41-16-24(28(39)31-17)35-27(38)18-7-3-2-4-8-18/h2-12,17,23-24H,13-16H2,1H3,(H,31,39)(H,34,37)(H,35,38)/t17-,23?,24?/m0/s1. The Bertz CT molecular complexity index is 1590. The summed E-state index contributed by atoms with van der Waals surface area (Å²) in [5, 5.41) is 10.3. The molecule has 0 bridgehead atoms. The van der Waals surface area contributed by atoms with E-state index in [0.717, 1.165) is 22.4 Å². The predicted octanol–water partition coefficient (Wildman–Crippen LogP) is 3.24. The number of aromatic nitrogens is 3. The predicted molar refractivity (Wildman–Crippen MR) is 166 cm³/mol. The minimum Gasteiger partial charge on any atom is -0.343 e. The molecular formula is C29H28N6O4S3. The van der Waals surface area contributed by atoms with Crippen molar-refractivity contribution >= 4 is 69.4 Å². The van der Waals surface area contributed by atoms with Crippen LogP contribution < -0.4 is 16.0 Å². The number of amides is 3. The fourth-order valence-electron chi connectivity index (χ4n) is 4.22. The third-order valence-corrected chi connectivity index (χ3v) is 9.34. The van der Waals surface area contributed by atoms with Gasteiger partial charge in [0, 0.05) is 40.2 Å². The van der Waals surface area contributed by atoms with Crippen molar-refractivity contribution in [3.63, 3.8) is 0 Å². The highest BCUT2D eigenvalue weighted by Crippen LogP contribution is 2.23. The molecule has 0 saturated carbocycles. The second-order valence-electron chi connectivity index (χ2n) is 9.52. The summed E-state index contributed by atoms with van der Waals surface area (Å²) in [5.41, 5.74) is 3.44. The topological polar surface area (TPSA) is 143 Å². The number of ketones is 1. The number of carbonyl (C=O) groups excluding carboxylic acids is 4. The van der Waals surface area contributed by atoms with E-state index in [1.165, 1.54) is 34.9 Å². The Labute approximate surface area is 254 Å². The van der Waals surface area contributed by atoms with E-state index in [0.29, 0.717) is 22.1 Å². The zero-order valence-electron chi connectivity index (χ0n) is 22.6.